The highest BCUT2D eigenvalue weighted by atomic mass is 16.5. The smallest absolute Gasteiger partial charge is 0.129 e. The summed E-state index contributed by atoms with van der Waals surface area (Å²) >= 11 is 0. The van der Waals surface area contributed by atoms with Gasteiger partial charge in [0.15, 0.2) is 0 Å². The molecule has 2 N–H and O–H groups in total. The molecular formula is C14H24N2O4. The van der Waals surface area contributed by atoms with Crippen molar-refractivity contribution in [1.82, 2.24) is 9.80 Å². The van der Waals surface area contributed by atoms with Gasteiger partial charge in [0.25, 0.3) is 0 Å². The first-order valence-corrected chi connectivity index (χ1v) is 7.11. The number of ether oxygens (including phenoxy) is 1. The first-order valence-electron chi connectivity index (χ1n) is 7.11. The Kier molecular flexibility index (Phi) is 6.49. The van der Waals surface area contributed by atoms with Crippen LogP contribution < -0.4 is 0 Å². The molecule has 1 fully saturated rings. The first kappa shape index (κ1) is 15.5. The van der Waals surface area contributed by atoms with Crippen LogP contribution in [0.4, 0.5) is 0 Å². The van der Waals surface area contributed by atoms with Crippen molar-refractivity contribution in [3.05, 3.63) is 24.2 Å². The van der Waals surface area contributed by atoms with E-state index >= 15 is 0 Å². The van der Waals surface area contributed by atoms with Crippen LogP contribution in [0.1, 0.15) is 5.76 Å². The van der Waals surface area contributed by atoms with Crippen LogP contribution in [-0.4, -0.2) is 78.6 Å². The molecule has 0 aromatic carbocycles. The van der Waals surface area contributed by atoms with E-state index in [0.29, 0.717) is 19.8 Å². The Balaban J connectivity index is 1.57. The number of rotatable bonds is 8. The van der Waals surface area contributed by atoms with Crippen LogP contribution in [0.5, 0.6) is 0 Å². The maximum atomic E-state index is 9.95. The van der Waals surface area contributed by atoms with E-state index in [2.05, 4.69) is 9.80 Å². The molecular weight excluding hydrogens is 260 g/mol. The molecule has 1 aromatic heterocycles. The Labute approximate surface area is 119 Å². The van der Waals surface area contributed by atoms with Crippen molar-refractivity contribution < 1.29 is 19.4 Å². The molecule has 20 heavy (non-hydrogen) atoms. The Hall–Kier alpha value is -0.920. The maximum absolute atomic E-state index is 9.95. The number of furan rings is 1. The van der Waals surface area contributed by atoms with E-state index in [-0.39, 0.29) is 6.61 Å². The van der Waals surface area contributed by atoms with Crippen LogP contribution >= 0.6 is 0 Å². The standard InChI is InChI=1S/C14H24N2O4/c17-8-7-15-3-5-16(6-4-15)10-13(18)11-19-12-14-2-1-9-20-14/h1-2,9,13,17-18H,3-8,10-12H2. The molecule has 1 aliphatic rings. The van der Waals surface area contributed by atoms with Gasteiger partial charge in [0, 0.05) is 39.3 Å². The van der Waals surface area contributed by atoms with E-state index in [1.165, 1.54) is 0 Å². The summed E-state index contributed by atoms with van der Waals surface area (Å²) in [5.74, 6) is 0.773. The molecule has 114 valence electrons. The van der Waals surface area contributed by atoms with Gasteiger partial charge in [-0.2, -0.15) is 0 Å². The number of nitrogens with zero attached hydrogens (tertiary/aromatic N) is 2. The van der Waals surface area contributed by atoms with Gasteiger partial charge in [0.2, 0.25) is 0 Å². The van der Waals surface area contributed by atoms with Crippen LogP contribution in [0.3, 0.4) is 0 Å². The predicted octanol–water partition coefficient (Wildman–Crippen LogP) is -0.233. The van der Waals surface area contributed by atoms with E-state index < -0.39 is 6.10 Å². The largest absolute Gasteiger partial charge is 0.467 e. The van der Waals surface area contributed by atoms with Crippen molar-refractivity contribution in [2.24, 2.45) is 0 Å². The van der Waals surface area contributed by atoms with Gasteiger partial charge in [0.1, 0.15) is 12.4 Å². The second kappa shape index (κ2) is 8.39. The molecule has 1 unspecified atom stereocenters. The lowest BCUT2D eigenvalue weighted by molar-refractivity contribution is -0.00338. The average Bonchev–Trinajstić information content (AvgIpc) is 2.94. The van der Waals surface area contributed by atoms with Crippen LogP contribution in [0, 0.1) is 0 Å². The van der Waals surface area contributed by atoms with Crippen molar-refractivity contribution >= 4 is 0 Å². The van der Waals surface area contributed by atoms with Gasteiger partial charge in [-0.25, -0.2) is 0 Å². The molecule has 0 spiro atoms. The van der Waals surface area contributed by atoms with Crippen LogP contribution in [0.25, 0.3) is 0 Å². The molecule has 1 aromatic rings. The summed E-state index contributed by atoms with van der Waals surface area (Å²) in [6, 6.07) is 3.67. The molecule has 1 atom stereocenters. The molecule has 1 saturated heterocycles. The summed E-state index contributed by atoms with van der Waals surface area (Å²) in [7, 11) is 0. The fourth-order valence-electron chi connectivity index (χ4n) is 2.38. The molecule has 6 nitrogen and oxygen atoms in total. The zero-order valence-corrected chi connectivity index (χ0v) is 11.8. The van der Waals surface area contributed by atoms with Gasteiger partial charge in [-0.15, -0.1) is 0 Å². The zero-order chi connectivity index (χ0) is 14.2. The molecule has 2 heterocycles. The van der Waals surface area contributed by atoms with Gasteiger partial charge >= 0.3 is 0 Å². The van der Waals surface area contributed by atoms with Crippen molar-refractivity contribution in [3.8, 4) is 0 Å². The fraction of sp³-hybridized carbons (Fsp3) is 0.714. The highest BCUT2D eigenvalue weighted by Gasteiger charge is 2.18. The molecule has 0 amide bonds. The summed E-state index contributed by atoms with van der Waals surface area (Å²) in [6.07, 6.45) is 1.13. The summed E-state index contributed by atoms with van der Waals surface area (Å²) in [6.45, 7) is 6.04. The minimum atomic E-state index is -0.477. The van der Waals surface area contributed by atoms with Gasteiger partial charge < -0.3 is 19.4 Å². The van der Waals surface area contributed by atoms with E-state index in [1.807, 2.05) is 12.1 Å². The SMILES string of the molecule is OCCN1CCN(CC(O)COCc2ccco2)CC1. The van der Waals surface area contributed by atoms with Gasteiger partial charge in [-0.1, -0.05) is 0 Å². The lowest BCUT2D eigenvalue weighted by Crippen LogP contribution is -2.49. The van der Waals surface area contributed by atoms with Crippen LogP contribution in [0.15, 0.2) is 22.8 Å². The fourth-order valence-corrected chi connectivity index (χ4v) is 2.38. The van der Waals surface area contributed by atoms with Crippen molar-refractivity contribution in [3.63, 3.8) is 0 Å². The summed E-state index contributed by atoms with van der Waals surface area (Å²) in [5.41, 5.74) is 0. The number of aliphatic hydroxyl groups excluding tert-OH is 2. The minimum absolute atomic E-state index is 0.212. The number of β-amino-alcohol motifs (C(OH)–C–C–N with tert-alkyl or cyclic N) is 2. The number of hydrogen-bond acceptors (Lipinski definition) is 6. The Morgan fingerprint density at radius 2 is 2.00 bits per heavy atom. The molecule has 0 bridgehead atoms. The van der Waals surface area contributed by atoms with E-state index in [4.69, 9.17) is 14.3 Å². The van der Waals surface area contributed by atoms with Gasteiger partial charge in [-0.3, -0.25) is 9.80 Å². The highest BCUT2D eigenvalue weighted by Crippen LogP contribution is 2.05. The highest BCUT2D eigenvalue weighted by molar-refractivity contribution is 4.96. The second-order valence-electron chi connectivity index (χ2n) is 5.11. The third-order valence-electron chi connectivity index (χ3n) is 3.48. The number of hydrogen-bond donors (Lipinski definition) is 2. The molecule has 0 radical (unpaired) electrons. The monoisotopic (exact) mass is 284 g/mol. The minimum Gasteiger partial charge on any atom is -0.467 e. The quantitative estimate of drug-likeness (QED) is 0.687. The molecule has 1 aliphatic heterocycles. The van der Waals surface area contributed by atoms with Crippen molar-refractivity contribution in [1.29, 1.82) is 0 Å². The Bertz CT molecular complexity index is 350. The maximum Gasteiger partial charge on any atom is 0.129 e. The number of aliphatic hydroxyl groups is 2. The van der Waals surface area contributed by atoms with E-state index in [1.54, 1.807) is 6.26 Å². The molecule has 0 aliphatic carbocycles. The first-order chi connectivity index (χ1) is 9.78. The third-order valence-corrected chi connectivity index (χ3v) is 3.48. The summed E-state index contributed by atoms with van der Waals surface area (Å²) in [4.78, 5) is 4.46. The van der Waals surface area contributed by atoms with Gasteiger partial charge in [0.05, 0.1) is 25.6 Å². The lowest BCUT2D eigenvalue weighted by atomic mass is 10.2. The topological polar surface area (TPSA) is 69.3 Å². The normalized spacial score (nSPS) is 19.3. The van der Waals surface area contributed by atoms with Crippen LogP contribution in [0.2, 0.25) is 0 Å². The predicted molar refractivity (Wildman–Crippen MR) is 74.3 cm³/mol. The van der Waals surface area contributed by atoms with Crippen molar-refractivity contribution in [2.45, 2.75) is 12.7 Å². The van der Waals surface area contributed by atoms with E-state index in [9.17, 15) is 5.11 Å². The summed E-state index contributed by atoms with van der Waals surface area (Å²) < 4.78 is 10.6. The Morgan fingerprint density at radius 1 is 1.25 bits per heavy atom. The molecule has 2 rings (SSSR count). The van der Waals surface area contributed by atoms with Crippen LogP contribution in [-0.2, 0) is 11.3 Å². The second-order valence-corrected chi connectivity index (χ2v) is 5.11. The van der Waals surface area contributed by atoms with Gasteiger partial charge in [-0.05, 0) is 12.1 Å². The molecule has 6 heteroatoms. The summed E-state index contributed by atoms with van der Waals surface area (Å²) in [5, 5.41) is 18.8. The van der Waals surface area contributed by atoms with Crippen molar-refractivity contribution in [2.75, 3.05) is 52.5 Å². The lowest BCUT2D eigenvalue weighted by Gasteiger charge is -2.35. The Morgan fingerprint density at radius 3 is 2.65 bits per heavy atom. The molecule has 0 saturated carbocycles. The third kappa shape index (κ3) is 5.22. The van der Waals surface area contributed by atoms with E-state index in [0.717, 1.165) is 38.5 Å². The zero-order valence-electron chi connectivity index (χ0n) is 11.8. The number of piperazine rings is 1. The average molecular weight is 284 g/mol.